The summed E-state index contributed by atoms with van der Waals surface area (Å²) >= 11 is 0. The standard InChI is InChI=1S/C20H26FN3O.HI/c1-3-22-19(23-14-13-16-9-7-8-12-18(16)21)24-15-20(2,25)17-10-5-4-6-11-17;/h4-12,25H,3,13-15H2,1-2H3,(H2,22,23,24);1H. The van der Waals surface area contributed by atoms with Crippen molar-refractivity contribution in [2.75, 3.05) is 19.6 Å². The zero-order chi connectivity index (χ0) is 18.1. The molecule has 0 radical (unpaired) electrons. The lowest BCUT2D eigenvalue weighted by Crippen LogP contribution is -2.39. The maximum Gasteiger partial charge on any atom is 0.191 e. The van der Waals surface area contributed by atoms with Gasteiger partial charge in [0.15, 0.2) is 5.96 Å². The van der Waals surface area contributed by atoms with Crippen LogP contribution in [0.4, 0.5) is 4.39 Å². The number of hydrogen-bond donors (Lipinski definition) is 3. The molecule has 0 heterocycles. The maximum atomic E-state index is 13.6. The number of nitrogens with one attached hydrogen (secondary N) is 2. The molecule has 26 heavy (non-hydrogen) atoms. The molecule has 3 N–H and O–H groups in total. The van der Waals surface area contributed by atoms with E-state index >= 15 is 0 Å². The quantitative estimate of drug-likeness (QED) is 0.330. The van der Waals surface area contributed by atoms with Crippen molar-refractivity contribution in [1.29, 1.82) is 0 Å². The lowest BCUT2D eigenvalue weighted by molar-refractivity contribution is 0.0672. The summed E-state index contributed by atoms with van der Waals surface area (Å²) in [5.74, 6) is 0.410. The molecule has 2 aromatic rings. The van der Waals surface area contributed by atoms with E-state index in [1.807, 2.05) is 43.3 Å². The normalized spacial score (nSPS) is 13.5. The Bertz CT molecular complexity index is 692. The van der Waals surface area contributed by atoms with E-state index in [1.54, 1.807) is 19.1 Å². The van der Waals surface area contributed by atoms with Gasteiger partial charge in [-0.15, -0.1) is 24.0 Å². The van der Waals surface area contributed by atoms with Gasteiger partial charge in [-0.05, 0) is 37.5 Å². The monoisotopic (exact) mass is 471 g/mol. The van der Waals surface area contributed by atoms with E-state index in [-0.39, 0.29) is 36.3 Å². The van der Waals surface area contributed by atoms with Crippen LogP contribution >= 0.6 is 24.0 Å². The number of aliphatic imine (C=N–C) groups is 1. The fourth-order valence-electron chi connectivity index (χ4n) is 2.48. The van der Waals surface area contributed by atoms with Gasteiger partial charge >= 0.3 is 0 Å². The minimum atomic E-state index is -1.05. The molecule has 0 aliphatic carbocycles. The molecule has 0 saturated heterocycles. The second kappa shape index (κ2) is 11.1. The van der Waals surface area contributed by atoms with Gasteiger partial charge in [0.2, 0.25) is 0 Å². The van der Waals surface area contributed by atoms with E-state index in [4.69, 9.17) is 0 Å². The molecule has 0 bridgehead atoms. The Morgan fingerprint density at radius 2 is 1.73 bits per heavy atom. The van der Waals surface area contributed by atoms with Crippen molar-refractivity contribution < 1.29 is 9.50 Å². The number of halogens is 2. The highest BCUT2D eigenvalue weighted by atomic mass is 127. The van der Waals surface area contributed by atoms with Crippen LogP contribution in [0.15, 0.2) is 59.6 Å². The molecule has 0 aliphatic rings. The van der Waals surface area contributed by atoms with Crippen LogP contribution in [0.25, 0.3) is 0 Å². The molecule has 2 aromatic carbocycles. The summed E-state index contributed by atoms with van der Waals surface area (Å²) in [7, 11) is 0. The van der Waals surface area contributed by atoms with Crippen molar-refractivity contribution in [3.63, 3.8) is 0 Å². The predicted octanol–water partition coefficient (Wildman–Crippen LogP) is 3.45. The molecule has 6 heteroatoms. The Hall–Kier alpha value is -1.67. The minimum absolute atomic E-state index is 0. The summed E-state index contributed by atoms with van der Waals surface area (Å²) in [6.45, 7) is 5.21. The van der Waals surface area contributed by atoms with Crippen LogP contribution in [0.1, 0.15) is 25.0 Å². The number of benzene rings is 2. The fraction of sp³-hybridized carbons (Fsp3) is 0.350. The molecule has 142 valence electrons. The van der Waals surface area contributed by atoms with E-state index in [0.29, 0.717) is 31.0 Å². The van der Waals surface area contributed by atoms with Crippen molar-refractivity contribution >= 4 is 29.9 Å². The molecule has 0 fully saturated rings. The first-order valence-corrected chi connectivity index (χ1v) is 8.56. The van der Waals surface area contributed by atoms with Crippen LogP contribution < -0.4 is 10.6 Å². The van der Waals surface area contributed by atoms with Gasteiger partial charge in [-0.1, -0.05) is 48.5 Å². The third-order valence-corrected chi connectivity index (χ3v) is 3.93. The molecule has 0 amide bonds. The Kier molecular flexibility index (Phi) is 9.58. The van der Waals surface area contributed by atoms with Crippen molar-refractivity contribution in [2.24, 2.45) is 4.99 Å². The number of rotatable bonds is 7. The third kappa shape index (κ3) is 6.92. The van der Waals surface area contributed by atoms with Crippen molar-refractivity contribution in [1.82, 2.24) is 10.6 Å². The Balaban J connectivity index is 0.00000338. The molecular weight excluding hydrogens is 444 g/mol. The van der Waals surface area contributed by atoms with Crippen LogP contribution in [0.5, 0.6) is 0 Å². The fourth-order valence-corrected chi connectivity index (χ4v) is 2.48. The van der Waals surface area contributed by atoms with Crippen LogP contribution in [-0.2, 0) is 12.0 Å². The van der Waals surface area contributed by atoms with Gasteiger partial charge < -0.3 is 15.7 Å². The van der Waals surface area contributed by atoms with Crippen molar-refractivity contribution in [3.8, 4) is 0 Å². The summed E-state index contributed by atoms with van der Waals surface area (Å²) in [6, 6.07) is 16.2. The van der Waals surface area contributed by atoms with Gasteiger partial charge in [-0.25, -0.2) is 9.38 Å². The maximum absolute atomic E-state index is 13.6. The zero-order valence-corrected chi connectivity index (χ0v) is 17.5. The second-order valence-electron chi connectivity index (χ2n) is 6.10. The number of guanidine groups is 1. The topological polar surface area (TPSA) is 56.7 Å². The van der Waals surface area contributed by atoms with Crippen LogP contribution in [0.3, 0.4) is 0 Å². The SMILES string of the molecule is CCNC(=NCC(C)(O)c1ccccc1)NCCc1ccccc1F.I. The van der Waals surface area contributed by atoms with Gasteiger partial charge in [0.1, 0.15) is 11.4 Å². The average Bonchev–Trinajstić information content (AvgIpc) is 2.62. The highest BCUT2D eigenvalue weighted by Crippen LogP contribution is 2.20. The van der Waals surface area contributed by atoms with E-state index in [2.05, 4.69) is 15.6 Å². The van der Waals surface area contributed by atoms with Gasteiger partial charge in [-0.2, -0.15) is 0 Å². The number of hydrogen-bond acceptors (Lipinski definition) is 2. The van der Waals surface area contributed by atoms with Gasteiger partial charge in [0.05, 0.1) is 6.54 Å². The van der Waals surface area contributed by atoms with Gasteiger partial charge in [0, 0.05) is 13.1 Å². The van der Waals surface area contributed by atoms with E-state index < -0.39 is 5.60 Å². The molecule has 0 aliphatic heterocycles. The highest BCUT2D eigenvalue weighted by molar-refractivity contribution is 14.0. The van der Waals surface area contributed by atoms with Crippen LogP contribution in [0.2, 0.25) is 0 Å². The molecule has 1 atom stereocenters. The summed E-state index contributed by atoms with van der Waals surface area (Å²) in [4.78, 5) is 4.47. The lowest BCUT2D eigenvalue weighted by atomic mass is 9.96. The number of nitrogens with zero attached hydrogens (tertiary/aromatic N) is 1. The Labute approximate surface area is 172 Å². The molecule has 0 saturated carbocycles. The van der Waals surface area contributed by atoms with Crippen molar-refractivity contribution in [3.05, 3.63) is 71.5 Å². The van der Waals surface area contributed by atoms with Crippen LogP contribution in [0, 0.1) is 5.82 Å². The Morgan fingerprint density at radius 3 is 2.38 bits per heavy atom. The largest absolute Gasteiger partial charge is 0.384 e. The predicted molar refractivity (Wildman–Crippen MR) is 116 cm³/mol. The van der Waals surface area contributed by atoms with Gasteiger partial charge in [-0.3, -0.25) is 0 Å². The molecule has 0 spiro atoms. The first-order valence-electron chi connectivity index (χ1n) is 8.56. The van der Waals surface area contributed by atoms with Crippen molar-refractivity contribution in [2.45, 2.75) is 25.9 Å². The third-order valence-electron chi connectivity index (χ3n) is 3.93. The summed E-state index contributed by atoms with van der Waals surface area (Å²) < 4.78 is 13.6. The van der Waals surface area contributed by atoms with Crippen LogP contribution in [-0.4, -0.2) is 30.7 Å². The first kappa shape index (κ1) is 22.4. The summed E-state index contributed by atoms with van der Waals surface area (Å²) in [5, 5.41) is 17.0. The van der Waals surface area contributed by atoms with E-state index in [9.17, 15) is 9.50 Å². The number of aliphatic hydroxyl groups is 1. The molecule has 4 nitrogen and oxygen atoms in total. The highest BCUT2D eigenvalue weighted by Gasteiger charge is 2.22. The second-order valence-corrected chi connectivity index (χ2v) is 6.10. The van der Waals surface area contributed by atoms with Gasteiger partial charge in [0.25, 0.3) is 0 Å². The first-order chi connectivity index (χ1) is 12.0. The minimum Gasteiger partial charge on any atom is -0.384 e. The lowest BCUT2D eigenvalue weighted by Gasteiger charge is -2.22. The van der Waals surface area contributed by atoms with E-state index in [0.717, 1.165) is 5.56 Å². The molecular formula is C20H27FIN3O. The Morgan fingerprint density at radius 1 is 1.08 bits per heavy atom. The zero-order valence-electron chi connectivity index (χ0n) is 15.2. The summed E-state index contributed by atoms with van der Waals surface area (Å²) in [6.07, 6.45) is 0.562. The molecule has 2 rings (SSSR count). The smallest absolute Gasteiger partial charge is 0.191 e. The average molecular weight is 471 g/mol. The summed E-state index contributed by atoms with van der Waals surface area (Å²) in [5.41, 5.74) is 0.442. The molecule has 0 aromatic heterocycles. The van der Waals surface area contributed by atoms with E-state index in [1.165, 1.54) is 6.07 Å². The molecule has 1 unspecified atom stereocenters.